The van der Waals surface area contributed by atoms with Gasteiger partial charge in [0.15, 0.2) is 0 Å². The quantitative estimate of drug-likeness (QED) is 0.774. The van der Waals surface area contributed by atoms with E-state index in [1.807, 2.05) is 21.9 Å². The minimum Gasteiger partial charge on any atom is -0.497 e. The zero-order valence-corrected chi connectivity index (χ0v) is 17.6. The van der Waals surface area contributed by atoms with Crippen LogP contribution in [0.15, 0.2) is 24.3 Å². The number of piperidine rings is 1. The third-order valence-electron chi connectivity index (χ3n) is 6.54. The van der Waals surface area contributed by atoms with Crippen LogP contribution < -0.4 is 10.1 Å². The van der Waals surface area contributed by atoms with Crippen LogP contribution in [-0.4, -0.2) is 66.9 Å². The summed E-state index contributed by atoms with van der Waals surface area (Å²) < 4.78 is 5.22. The molecule has 2 aliphatic heterocycles. The molecular formula is C23H31N3O4. The van der Waals surface area contributed by atoms with Crippen molar-refractivity contribution in [1.29, 1.82) is 0 Å². The first kappa shape index (κ1) is 20.7. The topological polar surface area (TPSA) is 79.0 Å². The molecule has 3 fully saturated rings. The number of nitrogens with zero attached hydrogens (tertiary/aromatic N) is 2. The van der Waals surface area contributed by atoms with Gasteiger partial charge in [-0.2, -0.15) is 0 Å². The fraction of sp³-hybridized carbons (Fsp3) is 0.609. The van der Waals surface area contributed by atoms with Crippen molar-refractivity contribution in [3.05, 3.63) is 29.8 Å². The van der Waals surface area contributed by atoms with Gasteiger partial charge in [0.2, 0.25) is 11.8 Å². The molecule has 7 nitrogen and oxygen atoms in total. The van der Waals surface area contributed by atoms with Crippen LogP contribution in [0.2, 0.25) is 0 Å². The van der Waals surface area contributed by atoms with Crippen molar-refractivity contribution in [2.24, 2.45) is 11.8 Å². The molecular weight excluding hydrogens is 382 g/mol. The maximum Gasteiger partial charge on any atom is 0.253 e. The second-order valence-corrected chi connectivity index (χ2v) is 8.65. The van der Waals surface area contributed by atoms with Gasteiger partial charge in [-0.15, -0.1) is 0 Å². The highest BCUT2D eigenvalue weighted by atomic mass is 16.5. The van der Waals surface area contributed by atoms with Crippen LogP contribution in [0.25, 0.3) is 0 Å². The Kier molecular flexibility index (Phi) is 6.25. The molecule has 1 atom stereocenters. The van der Waals surface area contributed by atoms with E-state index in [1.54, 1.807) is 19.2 Å². The third-order valence-corrected chi connectivity index (χ3v) is 6.54. The van der Waals surface area contributed by atoms with Crippen LogP contribution >= 0.6 is 0 Å². The van der Waals surface area contributed by atoms with E-state index in [0.717, 1.165) is 38.8 Å². The molecule has 3 aliphatic rings. The Balaban J connectivity index is 1.40. The highest BCUT2D eigenvalue weighted by Gasteiger charge is 2.39. The van der Waals surface area contributed by atoms with E-state index in [1.165, 1.54) is 0 Å². The summed E-state index contributed by atoms with van der Waals surface area (Å²) in [7, 11) is 1.59. The lowest BCUT2D eigenvalue weighted by Crippen LogP contribution is -2.54. The summed E-state index contributed by atoms with van der Waals surface area (Å²) in [5.41, 5.74) is 0.611. The lowest BCUT2D eigenvalue weighted by molar-refractivity contribution is -0.138. The van der Waals surface area contributed by atoms with Crippen molar-refractivity contribution in [3.63, 3.8) is 0 Å². The average molecular weight is 414 g/mol. The normalized spacial score (nSPS) is 20.7. The molecule has 2 heterocycles. The van der Waals surface area contributed by atoms with E-state index in [-0.39, 0.29) is 29.6 Å². The first-order valence-corrected chi connectivity index (χ1v) is 11.1. The first-order chi connectivity index (χ1) is 14.6. The van der Waals surface area contributed by atoms with Gasteiger partial charge in [0, 0.05) is 37.7 Å². The van der Waals surface area contributed by atoms with Gasteiger partial charge < -0.3 is 19.9 Å². The fourth-order valence-electron chi connectivity index (χ4n) is 4.51. The molecule has 1 saturated carbocycles. The Labute approximate surface area is 177 Å². The van der Waals surface area contributed by atoms with E-state index in [0.29, 0.717) is 37.2 Å². The molecule has 0 spiro atoms. The smallest absolute Gasteiger partial charge is 0.253 e. The largest absolute Gasteiger partial charge is 0.497 e. The van der Waals surface area contributed by atoms with Gasteiger partial charge in [-0.1, -0.05) is 6.07 Å². The van der Waals surface area contributed by atoms with E-state index in [2.05, 4.69) is 5.32 Å². The summed E-state index contributed by atoms with van der Waals surface area (Å²) in [4.78, 5) is 42.2. The SMILES string of the molecule is COc1cccc(C(=O)N2CCC([C@H](NC(=O)C3CC3)C(=O)N3CCCC3)CC2)c1. The molecule has 1 aliphatic carbocycles. The molecule has 30 heavy (non-hydrogen) atoms. The average Bonchev–Trinajstić information content (AvgIpc) is 3.50. The molecule has 7 heteroatoms. The molecule has 1 N–H and O–H groups in total. The van der Waals surface area contributed by atoms with Gasteiger partial charge in [-0.05, 0) is 62.6 Å². The van der Waals surface area contributed by atoms with E-state index in [9.17, 15) is 14.4 Å². The standard InChI is InChI=1S/C23H31N3O4/c1-30-19-6-4-5-18(15-19)22(28)26-13-9-16(10-14-26)20(24-21(27)17-7-8-17)23(29)25-11-2-3-12-25/h4-6,15-17,20H,2-3,7-14H2,1H3,(H,24,27)/t20-/m0/s1. The molecule has 162 valence electrons. The Bertz CT molecular complexity index is 793. The predicted molar refractivity (Wildman–Crippen MR) is 112 cm³/mol. The highest BCUT2D eigenvalue weighted by Crippen LogP contribution is 2.31. The van der Waals surface area contributed by atoms with Gasteiger partial charge in [-0.3, -0.25) is 14.4 Å². The summed E-state index contributed by atoms with van der Waals surface area (Å²) in [6.07, 6.45) is 5.33. The number of amides is 3. The number of likely N-dealkylation sites (tertiary alicyclic amines) is 2. The van der Waals surface area contributed by atoms with E-state index in [4.69, 9.17) is 4.74 Å². The van der Waals surface area contributed by atoms with E-state index >= 15 is 0 Å². The number of rotatable bonds is 6. The van der Waals surface area contributed by atoms with Crippen LogP contribution in [0.1, 0.15) is 48.9 Å². The second-order valence-electron chi connectivity index (χ2n) is 8.65. The van der Waals surface area contributed by atoms with Crippen molar-refractivity contribution < 1.29 is 19.1 Å². The van der Waals surface area contributed by atoms with Crippen molar-refractivity contribution >= 4 is 17.7 Å². The van der Waals surface area contributed by atoms with Gasteiger partial charge in [0.05, 0.1) is 7.11 Å². The van der Waals surface area contributed by atoms with Crippen molar-refractivity contribution in [2.75, 3.05) is 33.3 Å². The summed E-state index contributed by atoms with van der Waals surface area (Å²) in [5, 5.41) is 3.07. The molecule has 4 rings (SSSR count). The van der Waals surface area contributed by atoms with Crippen LogP contribution in [0.5, 0.6) is 5.75 Å². The van der Waals surface area contributed by atoms with Gasteiger partial charge in [-0.25, -0.2) is 0 Å². The number of ether oxygens (including phenoxy) is 1. The molecule has 3 amide bonds. The lowest BCUT2D eigenvalue weighted by atomic mass is 9.88. The number of hydrogen-bond acceptors (Lipinski definition) is 4. The number of carbonyl (C=O) groups excluding carboxylic acids is 3. The molecule has 1 aromatic rings. The first-order valence-electron chi connectivity index (χ1n) is 11.1. The van der Waals surface area contributed by atoms with E-state index < -0.39 is 6.04 Å². The minimum absolute atomic E-state index is 0.0161. The summed E-state index contributed by atoms with van der Waals surface area (Å²) >= 11 is 0. The number of carbonyl (C=O) groups is 3. The van der Waals surface area contributed by atoms with Crippen LogP contribution in [0.3, 0.4) is 0 Å². The molecule has 0 aromatic heterocycles. The van der Waals surface area contributed by atoms with Gasteiger partial charge >= 0.3 is 0 Å². The van der Waals surface area contributed by atoms with Crippen molar-refractivity contribution in [1.82, 2.24) is 15.1 Å². The summed E-state index contributed by atoms with van der Waals surface area (Å²) in [5.74, 6) is 0.858. The Morgan fingerprint density at radius 2 is 1.70 bits per heavy atom. The number of hydrogen-bond donors (Lipinski definition) is 1. The van der Waals surface area contributed by atoms with Gasteiger partial charge in [0.1, 0.15) is 11.8 Å². The van der Waals surface area contributed by atoms with Crippen molar-refractivity contribution in [2.45, 2.75) is 44.6 Å². The molecule has 1 aromatic carbocycles. The maximum absolute atomic E-state index is 13.1. The molecule has 2 saturated heterocycles. The Morgan fingerprint density at radius 3 is 2.33 bits per heavy atom. The summed E-state index contributed by atoms with van der Waals surface area (Å²) in [6, 6.07) is 6.72. The molecule has 0 radical (unpaired) electrons. The monoisotopic (exact) mass is 413 g/mol. The van der Waals surface area contributed by atoms with Crippen LogP contribution in [0.4, 0.5) is 0 Å². The number of nitrogens with one attached hydrogen (secondary N) is 1. The zero-order valence-electron chi connectivity index (χ0n) is 17.6. The number of methoxy groups -OCH3 is 1. The number of benzene rings is 1. The zero-order chi connectivity index (χ0) is 21.1. The fourth-order valence-corrected chi connectivity index (χ4v) is 4.51. The Hall–Kier alpha value is -2.57. The van der Waals surface area contributed by atoms with Crippen LogP contribution in [0, 0.1) is 11.8 Å². The Morgan fingerprint density at radius 1 is 1.00 bits per heavy atom. The second kappa shape index (κ2) is 9.06. The lowest BCUT2D eigenvalue weighted by Gasteiger charge is -2.37. The van der Waals surface area contributed by atoms with Crippen LogP contribution in [-0.2, 0) is 9.59 Å². The third kappa shape index (κ3) is 4.60. The molecule has 0 unspecified atom stereocenters. The minimum atomic E-state index is -0.467. The maximum atomic E-state index is 13.1. The van der Waals surface area contributed by atoms with Crippen molar-refractivity contribution in [3.8, 4) is 5.75 Å². The van der Waals surface area contributed by atoms with Gasteiger partial charge in [0.25, 0.3) is 5.91 Å². The summed E-state index contributed by atoms with van der Waals surface area (Å²) in [6.45, 7) is 2.73. The predicted octanol–water partition coefficient (Wildman–Crippen LogP) is 2.06. The highest BCUT2D eigenvalue weighted by molar-refractivity contribution is 5.94. The molecule has 0 bridgehead atoms.